The summed E-state index contributed by atoms with van der Waals surface area (Å²) >= 11 is 0. The molecule has 1 saturated heterocycles. The Kier molecular flexibility index (Phi) is 6.24. The molecule has 1 rings (SSSR count). The largest absolute Gasteiger partial charge is 0.381 e. The van der Waals surface area contributed by atoms with Gasteiger partial charge in [-0.2, -0.15) is 0 Å². The lowest BCUT2D eigenvalue weighted by Crippen LogP contribution is -2.53. The summed E-state index contributed by atoms with van der Waals surface area (Å²) in [6, 6.07) is 0. The molecule has 0 aromatic rings. The lowest BCUT2D eigenvalue weighted by molar-refractivity contribution is -0.149. The van der Waals surface area contributed by atoms with Gasteiger partial charge < -0.3 is 20.7 Å². The molecule has 6 nitrogen and oxygen atoms in total. The third-order valence-electron chi connectivity index (χ3n) is 3.69. The average Bonchev–Trinajstić information content (AvgIpc) is 2.46. The molecule has 0 aromatic heterocycles. The van der Waals surface area contributed by atoms with Crippen molar-refractivity contribution in [3.8, 4) is 0 Å². The summed E-state index contributed by atoms with van der Waals surface area (Å²) in [4.78, 5) is 25.8. The van der Waals surface area contributed by atoms with Gasteiger partial charge in [0.1, 0.15) is 0 Å². The van der Waals surface area contributed by atoms with Crippen LogP contribution >= 0.6 is 0 Å². The highest BCUT2D eigenvalue weighted by atomic mass is 16.5. The van der Waals surface area contributed by atoms with Crippen molar-refractivity contribution in [2.45, 2.75) is 26.2 Å². The topological polar surface area (TPSA) is 84.7 Å². The molecular weight excluding hydrogens is 246 g/mol. The first-order chi connectivity index (χ1) is 9.09. The number of ether oxygens (including phenoxy) is 1. The Morgan fingerprint density at radius 3 is 2.47 bits per heavy atom. The number of nitrogens with one attached hydrogen (secondary N) is 1. The SMILES string of the molecule is CCCN(CC(=O)NC)C(=O)C1(CN)CCOCC1. The maximum atomic E-state index is 12.7. The van der Waals surface area contributed by atoms with Gasteiger partial charge in [0.25, 0.3) is 0 Å². The molecule has 1 heterocycles. The second-order valence-electron chi connectivity index (χ2n) is 5.00. The van der Waals surface area contributed by atoms with Crippen LogP contribution in [0.2, 0.25) is 0 Å². The highest BCUT2D eigenvalue weighted by Crippen LogP contribution is 2.31. The third-order valence-corrected chi connectivity index (χ3v) is 3.69. The van der Waals surface area contributed by atoms with Crippen LogP contribution in [0.15, 0.2) is 0 Å². The molecule has 1 aliphatic heterocycles. The number of likely N-dealkylation sites (N-methyl/N-ethyl adjacent to an activating group) is 1. The molecule has 6 heteroatoms. The Balaban J connectivity index is 2.80. The van der Waals surface area contributed by atoms with Crippen molar-refractivity contribution in [2.24, 2.45) is 11.1 Å². The molecule has 1 aliphatic rings. The fourth-order valence-corrected chi connectivity index (χ4v) is 2.38. The average molecular weight is 271 g/mol. The molecule has 110 valence electrons. The molecule has 0 aromatic carbocycles. The smallest absolute Gasteiger partial charge is 0.239 e. The van der Waals surface area contributed by atoms with E-state index in [1.165, 1.54) is 0 Å². The maximum Gasteiger partial charge on any atom is 0.239 e. The molecule has 3 N–H and O–H groups in total. The number of rotatable bonds is 6. The van der Waals surface area contributed by atoms with E-state index in [2.05, 4.69) is 5.32 Å². The van der Waals surface area contributed by atoms with Crippen LogP contribution in [0.4, 0.5) is 0 Å². The van der Waals surface area contributed by atoms with Gasteiger partial charge in [-0.3, -0.25) is 9.59 Å². The van der Waals surface area contributed by atoms with Crippen molar-refractivity contribution in [3.05, 3.63) is 0 Å². The summed E-state index contributed by atoms with van der Waals surface area (Å²) in [5.74, 6) is -0.162. The first-order valence-corrected chi connectivity index (χ1v) is 6.87. The minimum absolute atomic E-state index is 0.0104. The number of amides is 2. The second kappa shape index (κ2) is 7.45. The molecule has 19 heavy (non-hydrogen) atoms. The van der Waals surface area contributed by atoms with Crippen molar-refractivity contribution >= 4 is 11.8 Å². The van der Waals surface area contributed by atoms with Crippen LogP contribution in [-0.4, -0.2) is 56.6 Å². The van der Waals surface area contributed by atoms with Gasteiger partial charge >= 0.3 is 0 Å². The van der Waals surface area contributed by atoms with E-state index in [-0.39, 0.29) is 18.4 Å². The summed E-state index contributed by atoms with van der Waals surface area (Å²) in [6.07, 6.45) is 2.09. The van der Waals surface area contributed by atoms with Crippen LogP contribution in [0, 0.1) is 5.41 Å². The number of carbonyl (C=O) groups is 2. The van der Waals surface area contributed by atoms with Gasteiger partial charge in [-0.1, -0.05) is 6.92 Å². The highest BCUT2D eigenvalue weighted by molar-refractivity contribution is 5.88. The van der Waals surface area contributed by atoms with Gasteiger partial charge in [0, 0.05) is 33.4 Å². The van der Waals surface area contributed by atoms with Crippen molar-refractivity contribution in [1.82, 2.24) is 10.2 Å². The predicted octanol–water partition coefficient (Wildman–Crippen LogP) is -0.273. The van der Waals surface area contributed by atoms with Crippen LogP contribution in [0.3, 0.4) is 0 Å². The number of nitrogens with two attached hydrogens (primary N) is 1. The van der Waals surface area contributed by atoms with E-state index >= 15 is 0 Å². The van der Waals surface area contributed by atoms with Gasteiger partial charge in [0.15, 0.2) is 0 Å². The molecule has 0 aliphatic carbocycles. The van der Waals surface area contributed by atoms with E-state index in [1.807, 2.05) is 6.92 Å². The standard InChI is InChI=1S/C13H25N3O3/c1-3-6-16(9-11(17)15-2)12(18)13(10-14)4-7-19-8-5-13/h3-10,14H2,1-2H3,(H,15,17). The molecule has 0 unspecified atom stereocenters. The highest BCUT2D eigenvalue weighted by Gasteiger charge is 2.41. The zero-order valence-corrected chi connectivity index (χ0v) is 11.9. The number of nitrogens with zero attached hydrogens (tertiary/aromatic N) is 1. The van der Waals surface area contributed by atoms with Crippen LogP contribution < -0.4 is 11.1 Å². The lowest BCUT2D eigenvalue weighted by atomic mass is 9.79. The molecule has 1 fully saturated rings. The molecule has 0 spiro atoms. The van der Waals surface area contributed by atoms with Crippen LogP contribution in [0.5, 0.6) is 0 Å². The number of carbonyl (C=O) groups excluding carboxylic acids is 2. The van der Waals surface area contributed by atoms with E-state index in [1.54, 1.807) is 11.9 Å². The Bertz CT molecular complexity index is 314. The van der Waals surface area contributed by atoms with Gasteiger partial charge in [-0.25, -0.2) is 0 Å². The molecule has 0 bridgehead atoms. The molecule has 0 radical (unpaired) electrons. The second-order valence-corrected chi connectivity index (χ2v) is 5.00. The zero-order chi connectivity index (χ0) is 14.3. The Labute approximate surface area is 114 Å². The van der Waals surface area contributed by atoms with Crippen LogP contribution in [0.25, 0.3) is 0 Å². The normalized spacial score (nSPS) is 17.8. The van der Waals surface area contributed by atoms with Gasteiger partial charge in [0.2, 0.25) is 11.8 Å². The fourth-order valence-electron chi connectivity index (χ4n) is 2.38. The Hall–Kier alpha value is -1.14. The maximum absolute atomic E-state index is 12.7. The Morgan fingerprint density at radius 1 is 1.37 bits per heavy atom. The molecule has 2 amide bonds. The predicted molar refractivity (Wildman–Crippen MR) is 72.5 cm³/mol. The monoisotopic (exact) mass is 271 g/mol. The first kappa shape index (κ1) is 15.9. The summed E-state index contributed by atoms with van der Waals surface area (Å²) in [5, 5.41) is 2.55. The minimum atomic E-state index is -0.554. The summed E-state index contributed by atoms with van der Waals surface area (Å²) in [5.41, 5.74) is 5.28. The molecular formula is C13H25N3O3. The quantitative estimate of drug-likeness (QED) is 0.696. The zero-order valence-electron chi connectivity index (χ0n) is 11.9. The molecule has 0 atom stereocenters. The Morgan fingerprint density at radius 2 is 2.00 bits per heavy atom. The van der Waals surface area contributed by atoms with Crippen molar-refractivity contribution in [2.75, 3.05) is 39.9 Å². The van der Waals surface area contributed by atoms with Crippen LogP contribution in [-0.2, 0) is 14.3 Å². The summed E-state index contributed by atoms with van der Waals surface area (Å²) in [6.45, 7) is 4.10. The van der Waals surface area contributed by atoms with Crippen molar-refractivity contribution in [1.29, 1.82) is 0 Å². The van der Waals surface area contributed by atoms with Gasteiger partial charge in [0.05, 0.1) is 12.0 Å². The fraction of sp³-hybridized carbons (Fsp3) is 0.846. The van der Waals surface area contributed by atoms with Gasteiger partial charge in [-0.05, 0) is 19.3 Å². The van der Waals surface area contributed by atoms with E-state index in [0.717, 1.165) is 6.42 Å². The number of hydrogen-bond donors (Lipinski definition) is 2. The summed E-state index contributed by atoms with van der Waals surface area (Å²) < 4.78 is 5.31. The summed E-state index contributed by atoms with van der Waals surface area (Å²) in [7, 11) is 1.57. The number of hydrogen-bond acceptors (Lipinski definition) is 4. The first-order valence-electron chi connectivity index (χ1n) is 6.87. The van der Waals surface area contributed by atoms with Crippen molar-refractivity contribution in [3.63, 3.8) is 0 Å². The van der Waals surface area contributed by atoms with Gasteiger partial charge in [-0.15, -0.1) is 0 Å². The minimum Gasteiger partial charge on any atom is -0.381 e. The van der Waals surface area contributed by atoms with Crippen LogP contribution in [0.1, 0.15) is 26.2 Å². The lowest BCUT2D eigenvalue weighted by Gasteiger charge is -2.38. The molecule has 0 saturated carbocycles. The van der Waals surface area contributed by atoms with E-state index < -0.39 is 5.41 Å². The third kappa shape index (κ3) is 3.91. The van der Waals surface area contributed by atoms with Crippen molar-refractivity contribution < 1.29 is 14.3 Å². The van der Waals surface area contributed by atoms with E-state index in [4.69, 9.17) is 10.5 Å². The van der Waals surface area contributed by atoms with E-state index in [0.29, 0.717) is 39.1 Å². The van der Waals surface area contributed by atoms with E-state index in [9.17, 15) is 9.59 Å².